The zero-order valence-corrected chi connectivity index (χ0v) is 19.1. The second-order valence-electron chi connectivity index (χ2n) is 6.59. The molecular formula is C16H35IN4O3S. The number of nitrogens with zero attached hydrogens (tertiary/aromatic N) is 2. The van der Waals surface area contributed by atoms with E-state index in [0.29, 0.717) is 24.9 Å². The van der Waals surface area contributed by atoms with Crippen molar-refractivity contribution >= 4 is 39.8 Å². The molecule has 0 amide bonds. The molecule has 1 saturated heterocycles. The molecule has 1 rings (SSSR count). The van der Waals surface area contributed by atoms with E-state index in [1.165, 1.54) is 6.26 Å². The van der Waals surface area contributed by atoms with E-state index in [1.54, 1.807) is 0 Å². The fourth-order valence-corrected chi connectivity index (χ4v) is 3.39. The first-order valence-electron chi connectivity index (χ1n) is 8.85. The predicted octanol–water partition coefficient (Wildman–Crippen LogP) is 0.951. The fraction of sp³-hybridized carbons (Fsp3) is 0.938. The Balaban J connectivity index is 0.00000576. The van der Waals surface area contributed by atoms with Gasteiger partial charge in [-0.2, -0.15) is 0 Å². The molecule has 2 N–H and O–H groups in total. The smallest absolute Gasteiger partial charge is 0.191 e. The molecule has 1 aliphatic rings. The minimum absolute atomic E-state index is 0. The van der Waals surface area contributed by atoms with Gasteiger partial charge < -0.3 is 15.4 Å². The number of nitrogens with one attached hydrogen (secondary N) is 2. The molecule has 1 aliphatic heterocycles. The summed E-state index contributed by atoms with van der Waals surface area (Å²) in [5, 5.41) is 6.45. The highest BCUT2D eigenvalue weighted by molar-refractivity contribution is 14.0. The van der Waals surface area contributed by atoms with Gasteiger partial charge >= 0.3 is 0 Å². The van der Waals surface area contributed by atoms with Crippen LogP contribution >= 0.6 is 24.0 Å². The standard InChI is InChI=1S/C16H34N4O3S.HI/c1-5-17-16(18-7-6-12-24(4,21)22)19-13-15(14(2)3)20-8-10-23-11-9-20;/h14-15H,5-13H2,1-4H3,(H2,17,18,19);1H. The van der Waals surface area contributed by atoms with E-state index in [0.717, 1.165) is 45.4 Å². The van der Waals surface area contributed by atoms with E-state index in [9.17, 15) is 8.42 Å². The van der Waals surface area contributed by atoms with Gasteiger partial charge in [0.15, 0.2) is 5.96 Å². The van der Waals surface area contributed by atoms with Crippen molar-refractivity contribution in [2.75, 3.05) is 57.9 Å². The summed E-state index contributed by atoms with van der Waals surface area (Å²) < 4.78 is 27.8. The first-order valence-corrected chi connectivity index (χ1v) is 10.9. The number of aliphatic imine (C=N–C) groups is 1. The Morgan fingerprint density at radius 3 is 2.40 bits per heavy atom. The fourth-order valence-electron chi connectivity index (χ4n) is 2.72. The molecule has 0 spiro atoms. The lowest BCUT2D eigenvalue weighted by molar-refractivity contribution is 0.00867. The minimum atomic E-state index is -2.90. The third-order valence-corrected chi connectivity index (χ3v) is 5.08. The Labute approximate surface area is 170 Å². The van der Waals surface area contributed by atoms with Crippen LogP contribution < -0.4 is 10.6 Å². The number of guanidine groups is 1. The maximum Gasteiger partial charge on any atom is 0.191 e. The van der Waals surface area contributed by atoms with Crippen LogP contribution in [0.15, 0.2) is 4.99 Å². The van der Waals surface area contributed by atoms with Gasteiger partial charge in [0.25, 0.3) is 0 Å². The summed E-state index contributed by atoms with van der Waals surface area (Å²) in [5.74, 6) is 1.46. The van der Waals surface area contributed by atoms with Crippen LogP contribution in [0.1, 0.15) is 27.2 Å². The van der Waals surface area contributed by atoms with Gasteiger partial charge in [0.1, 0.15) is 9.84 Å². The normalized spacial score (nSPS) is 17.9. The van der Waals surface area contributed by atoms with Crippen LogP contribution in [0.2, 0.25) is 0 Å². The zero-order chi connectivity index (χ0) is 18.0. The lowest BCUT2D eigenvalue weighted by Gasteiger charge is -2.36. The second kappa shape index (κ2) is 13.1. The van der Waals surface area contributed by atoms with Crippen LogP contribution in [0, 0.1) is 5.92 Å². The summed E-state index contributed by atoms with van der Waals surface area (Å²) in [6, 6.07) is 0.389. The zero-order valence-electron chi connectivity index (χ0n) is 16.0. The third kappa shape index (κ3) is 11.2. The van der Waals surface area contributed by atoms with Gasteiger partial charge in [-0.3, -0.25) is 9.89 Å². The molecule has 0 radical (unpaired) electrons. The summed E-state index contributed by atoms with van der Waals surface area (Å²) in [4.78, 5) is 7.16. The van der Waals surface area contributed by atoms with E-state index in [4.69, 9.17) is 9.73 Å². The minimum Gasteiger partial charge on any atom is -0.379 e. The van der Waals surface area contributed by atoms with Gasteiger partial charge in [-0.25, -0.2) is 8.42 Å². The molecule has 0 aromatic carbocycles. The number of hydrogen-bond acceptors (Lipinski definition) is 5. The van der Waals surface area contributed by atoms with Crippen LogP contribution in [0.3, 0.4) is 0 Å². The quantitative estimate of drug-likeness (QED) is 0.217. The monoisotopic (exact) mass is 490 g/mol. The SMILES string of the molecule is CCNC(=NCC(C(C)C)N1CCOCC1)NCCCS(C)(=O)=O.I. The Morgan fingerprint density at radius 2 is 1.88 bits per heavy atom. The molecule has 1 unspecified atom stereocenters. The van der Waals surface area contributed by atoms with Crippen molar-refractivity contribution in [3.05, 3.63) is 0 Å². The van der Waals surface area contributed by atoms with Gasteiger partial charge in [0.2, 0.25) is 0 Å². The van der Waals surface area contributed by atoms with Crippen molar-refractivity contribution in [3.63, 3.8) is 0 Å². The maximum absolute atomic E-state index is 11.2. The summed E-state index contributed by atoms with van der Waals surface area (Å²) in [6.07, 6.45) is 1.85. The number of rotatable bonds is 9. The molecule has 1 fully saturated rings. The van der Waals surface area contributed by atoms with Crippen molar-refractivity contribution in [3.8, 4) is 0 Å². The van der Waals surface area contributed by atoms with Gasteiger partial charge in [0.05, 0.1) is 25.5 Å². The average molecular weight is 490 g/mol. The van der Waals surface area contributed by atoms with E-state index in [1.807, 2.05) is 6.92 Å². The molecule has 25 heavy (non-hydrogen) atoms. The molecule has 7 nitrogen and oxygen atoms in total. The van der Waals surface area contributed by atoms with E-state index >= 15 is 0 Å². The lowest BCUT2D eigenvalue weighted by Crippen LogP contribution is -2.48. The van der Waals surface area contributed by atoms with Gasteiger partial charge in [0, 0.05) is 38.5 Å². The highest BCUT2D eigenvalue weighted by atomic mass is 127. The molecule has 150 valence electrons. The summed E-state index contributed by atoms with van der Waals surface area (Å²) >= 11 is 0. The Kier molecular flexibility index (Phi) is 13.0. The van der Waals surface area contributed by atoms with Crippen LogP contribution in [-0.2, 0) is 14.6 Å². The number of morpholine rings is 1. The largest absolute Gasteiger partial charge is 0.379 e. The summed E-state index contributed by atoms with van der Waals surface area (Å²) in [6.45, 7) is 12.1. The third-order valence-electron chi connectivity index (χ3n) is 4.05. The Morgan fingerprint density at radius 1 is 1.24 bits per heavy atom. The molecule has 0 bridgehead atoms. The number of ether oxygens (including phenoxy) is 1. The second-order valence-corrected chi connectivity index (χ2v) is 8.85. The van der Waals surface area contributed by atoms with Gasteiger partial charge in [-0.05, 0) is 19.3 Å². The predicted molar refractivity (Wildman–Crippen MR) is 115 cm³/mol. The van der Waals surface area contributed by atoms with Gasteiger partial charge in [-0.1, -0.05) is 13.8 Å². The highest BCUT2D eigenvalue weighted by Crippen LogP contribution is 2.13. The van der Waals surface area contributed by atoms with Gasteiger partial charge in [-0.15, -0.1) is 24.0 Å². The van der Waals surface area contributed by atoms with Crippen molar-refractivity contribution in [2.24, 2.45) is 10.9 Å². The lowest BCUT2D eigenvalue weighted by atomic mass is 10.0. The first-order chi connectivity index (χ1) is 11.3. The van der Waals surface area contributed by atoms with Crippen LogP contribution in [-0.4, -0.2) is 83.3 Å². The molecule has 0 aromatic rings. The van der Waals surface area contributed by atoms with E-state index in [-0.39, 0.29) is 29.7 Å². The molecule has 1 heterocycles. The summed E-state index contributed by atoms with van der Waals surface area (Å²) in [7, 11) is -2.90. The van der Waals surface area contributed by atoms with E-state index < -0.39 is 9.84 Å². The molecule has 0 aliphatic carbocycles. The van der Waals surface area contributed by atoms with Crippen molar-refractivity contribution in [1.82, 2.24) is 15.5 Å². The molecule has 1 atom stereocenters. The van der Waals surface area contributed by atoms with Crippen LogP contribution in [0.25, 0.3) is 0 Å². The highest BCUT2D eigenvalue weighted by Gasteiger charge is 2.23. The Hall–Kier alpha value is -0.130. The first kappa shape index (κ1) is 24.9. The Bertz CT molecular complexity index is 480. The summed E-state index contributed by atoms with van der Waals surface area (Å²) in [5.41, 5.74) is 0. The number of halogens is 1. The van der Waals surface area contributed by atoms with Crippen molar-refractivity contribution in [1.29, 1.82) is 0 Å². The number of hydrogen-bond donors (Lipinski definition) is 2. The van der Waals surface area contributed by atoms with Crippen molar-refractivity contribution in [2.45, 2.75) is 33.2 Å². The molecular weight excluding hydrogens is 455 g/mol. The van der Waals surface area contributed by atoms with Crippen molar-refractivity contribution < 1.29 is 13.2 Å². The van der Waals surface area contributed by atoms with Crippen LogP contribution in [0.4, 0.5) is 0 Å². The molecule has 0 aromatic heterocycles. The topological polar surface area (TPSA) is 83.0 Å². The molecule has 0 saturated carbocycles. The van der Waals surface area contributed by atoms with Crippen LogP contribution in [0.5, 0.6) is 0 Å². The number of sulfone groups is 1. The molecule has 9 heteroatoms. The van der Waals surface area contributed by atoms with E-state index in [2.05, 4.69) is 29.4 Å². The average Bonchev–Trinajstić information content (AvgIpc) is 2.51. The maximum atomic E-state index is 11.2.